The third kappa shape index (κ3) is 4.07. The summed E-state index contributed by atoms with van der Waals surface area (Å²) in [5.41, 5.74) is 0.525. The molecule has 1 aliphatic rings. The highest BCUT2D eigenvalue weighted by atomic mass is 32.2. The second-order valence-electron chi connectivity index (χ2n) is 6.04. The van der Waals surface area contributed by atoms with E-state index in [9.17, 15) is 32.0 Å². The smallest absolute Gasteiger partial charge is 0.444 e. The van der Waals surface area contributed by atoms with E-state index in [4.69, 9.17) is 4.74 Å². The second kappa shape index (κ2) is 7.65. The monoisotopic (exact) mass is 436 g/mol. The molecule has 1 N–H and O–H groups in total. The van der Waals surface area contributed by atoms with Gasteiger partial charge in [-0.1, -0.05) is 6.92 Å². The fourth-order valence-corrected chi connectivity index (χ4v) is 3.55. The van der Waals surface area contributed by atoms with Crippen molar-refractivity contribution in [2.75, 3.05) is 17.2 Å². The molecule has 0 saturated carbocycles. The van der Waals surface area contributed by atoms with E-state index >= 15 is 0 Å². The highest BCUT2D eigenvalue weighted by Crippen LogP contribution is 2.39. The molecule has 0 unspecified atom stereocenters. The first-order chi connectivity index (χ1) is 13.5. The molecule has 0 saturated heterocycles. The molecule has 0 bridgehead atoms. The molecule has 0 radical (unpaired) electrons. The standard InChI is InChI=1S/C17H15F5N3O3S/c1-2-29-13-4-3-5-25(27)14(13)11-6-10-8-28-15(26)24(12(10)7-23-11)9-16(18,19)17(20,21)22/h3-7,27H,2,8-9H2,1H3/q+1. The number of carbonyl (C=O) groups is 1. The van der Waals surface area contributed by atoms with Gasteiger partial charge in [-0.15, -0.1) is 11.8 Å². The number of thioether (sulfide) groups is 1. The third-order valence-corrected chi connectivity index (χ3v) is 5.01. The number of anilines is 1. The van der Waals surface area contributed by atoms with E-state index in [1.165, 1.54) is 24.0 Å². The molecule has 3 rings (SSSR count). The molecule has 0 atom stereocenters. The molecule has 2 aromatic heterocycles. The van der Waals surface area contributed by atoms with Gasteiger partial charge in [-0.2, -0.15) is 22.0 Å². The average Bonchev–Trinajstić information content (AvgIpc) is 2.63. The first-order valence-electron chi connectivity index (χ1n) is 8.30. The molecule has 29 heavy (non-hydrogen) atoms. The molecule has 0 aliphatic carbocycles. The lowest BCUT2D eigenvalue weighted by Gasteiger charge is -2.32. The van der Waals surface area contributed by atoms with Gasteiger partial charge in [0.05, 0.1) is 16.8 Å². The Balaban J connectivity index is 2.02. The number of hydrogen-bond acceptors (Lipinski definition) is 5. The number of nitrogens with zero attached hydrogens (tertiary/aromatic N) is 3. The van der Waals surface area contributed by atoms with Crippen molar-refractivity contribution in [1.29, 1.82) is 0 Å². The Kier molecular flexibility index (Phi) is 5.57. The van der Waals surface area contributed by atoms with Crippen LogP contribution in [0.5, 0.6) is 0 Å². The van der Waals surface area contributed by atoms with Crippen molar-refractivity contribution in [2.45, 2.75) is 30.5 Å². The van der Waals surface area contributed by atoms with Gasteiger partial charge in [-0.3, -0.25) is 10.1 Å². The van der Waals surface area contributed by atoms with Gasteiger partial charge >= 0.3 is 18.2 Å². The molecule has 3 heterocycles. The predicted molar refractivity (Wildman–Crippen MR) is 92.0 cm³/mol. The average molecular weight is 436 g/mol. The number of pyridine rings is 2. The van der Waals surface area contributed by atoms with Crippen LogP contribution in [0.4, 0.5) is 32.4 Å². The van der Waals surface area contributed by atoms with Crippen molar-refractivity contribution in [3.63, 3.8) is 0 Å². The Morgan fingerprint density at radius 2 is 2.07 bits per heavy atom. The van der Waals surface area contributed by atoms with Gasteiger partial charge in [-0.05, 0) is 17.9 Å². The fourth-order valence-electron chi connectivity index (χ4n) is 2.73. The lowest BCUT2D eigenvalue weighted by molar-refractivity contribution is -0.897. The number of ether oxygens (including phenoxy) is 1. The van der Waals surface area contributed by atoms with Crippen molar-refractivity contribution < 1.29 is 41.4 Å². The van der Waals surface area contributed by atoms with Crippen LogP contribution in [0.3, 0.4) is 0 Å². The number of alkyl halides is 5. The van der Waals surface area contributed by atoms with Crippen LogP contribution in [-0.4, -0.2) is 40.7 Å². The molecule has 1 aliphatic heterocycles. The van der Waals surface area contributed by atoms with Crippen molar-refractivity contribution in [2.24, 2.45) is 0 Å². The zero-order valence-electron chi connectivity index (χ0n) is 14.9. The topological polar surface area (TPSA) is 66.5 Å². The summed E-state index contributed by atoms with van der Waals surface area (Å²) in [5.74, 6) is -4.43. The third-order valence-electron chi connectivity index (χ3n) is 4.08. The molecular formula is C17H15F5N3O3S+. The van der Waals surface area contributed by atoms with E-state index in [-0.39, 0.29) is 28.5 Å². The number of cyclic esters (lactones) is 1. The summed E-state index contributed by atoms with van der Waals surface area (Å²) in [6.07, 6.45) is -4.76. The van der Waals surface area contributed by atoms with E-state index in [0.29, 0.717) is 16.3 Å². The number of amides is 1. The molecule has 0 fully saturated rings. The van der Waals surface area contributed by atoms with Crippen molar-refractivity contribution >= 4 is 23.5 Å². The molecule has 0 aromatic carbocycles. The molecule has 156 valence electrons. The number of carbonyl (C=O) groups excluding carboxylic acids is 1. The summed E-state index contributed by atoms with van der Waals surface area (Å²) in [7, 11) is 0. The second-order valence-corrected chi connectivity index (χ2v) is 7.35. The van der Waals surface area contributed by atoms with Crippen LogP contribution in [0.2, 0.25) is 0 Å². The van der Waals surface area contributed by atoms with E-state index in [1.54, 1.807) is 12.1 Å². The summed E-state index contributed by atoms with van der Waals surface area (Å²) >= 11 is 1.42. The first kappa shape index (κ1) is 21.1. The molecule has 0 spiro atoms. The van der Waals surface area contributed by atoms with Gasteiger partial charge in [0.25, 0.3) is 5.69 Å². The lowest BCUT2D eigenvalue weighted by atomic mass is 10.1. The van der Waals surface area contributed by atoms with Crippen LogP contribution in [0.1, 0.15) is 12.5 Å². The van der Waals surface area contributed by atoms with Crippen LogP contribution in [0.25, 0.3) is 11.4 Å². The van der Waals surface area contributed by atoms with Gasteiger partial charge in [0.15, 0.2) is 0 Å². The summed E-state index contributed by atoms with van der Waals surface area (Å²) in [5, 5.41) is 10.2. The number of fused-ring (bicyclic) bond motifs is 1. The molecule has 6 nitrogen and oxygen atoms in total. The van der Waals surface area contributed by atoms with Crippen LogP contribution >= 0.6 is 11.8 Å². The minimum Gasteiger partial charge on any atom is -0.444 e. The summed E-state index contributed by atoms with van der Waals surface area (Å²) in [6, 6.07) is 4.73. The van der Waals surface area contributed by atoms with Crippen LogP contribution < -0.4 is 9.63 Å². The van der Waals surface area contributed by atoms with Gasteiger partial charge in [-0.25, -0.2) is 9.78 Å². The van der Waals surface area contributed by atoms with Gasteiger partial charge in [0.2, 0.25) is 6.20 Å². The molecule has 12 heteroatoms. The van der Waals surface area contributed by atoms with Gasteiger partial charge in [0, 0.05) is 16.4 Å². The zero-order chi connectivity index (χ0) is 21.4. The number of halogens is 5. The first-order valence-corrected chi connectivity index (χ1v) is 9.28. The maximum Gasteiger partial charge on any atom is 0.455 e. The maximum atomic E-state index is 13.5. The number of aromatic nitrogens is 2. The Bertz CT molecular complexity index is 939. The van der Waals surface area contributed by atoms with Crippen molar-refractivity contribution in [3.8, 4) is 11.4 Å². The Hall–Kier alpha value is -2.63. The fraction of sp³-hybridized carbons (Fsp3) is 0.353. The van der Waals surface area contributed by atoms with E-state index in [1.807, 2.05) is 6.92 Å². The summed E-state index contributed by atoms with van der Waals surface area (Å²) < 4.78 is 70.2. The van der Waals surface area contributed by atoms with Gasteiger partial charge in [0.1, 0.15) is 18.8 Å². The number of rotatable bonds is 5. The quantitative estimate of drug-likeness (QED) is 0.332. The lowest BCUT2D eigenvalue weighted by Crippen LogP contribution is -2.50. The van der Waals surface area contributed by atoms with E-state index in [2.05, 4.69) is 4.98 Å². The minimum absolute atomic E-state index is 0.184. The Morgan fingerprint density at radius 1 is 1.34 bits per heavy atom. The highest BCUT2D eigenvalue weighted by molar-refractivity contribution is 7.99. The maximum absolute atomic E-state index is 13.5. The normalized spacial score (nSPS) is 14.6. The predicted octanol–water partition coefficient (Wildman–Crippen LogP) is 4.04. The van der Waals surface area contributed by atoms with Crippen LogP contribution in [0, 0.1) is 0 Å². The van der Waals surface area contributed by atoms with Crippen molar-refractivity contribution in [1.82, 2.24) is 4.98 Å². The summed E-state index contributed by atoms with van der Waals surface area (Å²) in [6.45, 7) is -0.348. The largest absolute Gasteiger partial charge is 0.455 e. The highest BCUT2D eigenvalue weighted by Gasteiger charge is 2.59. The Labute approximate surface area is 165 Å². The molecular weight excluding hydrogens is 421 g/mol. The van der Waals surface area contributed by atoms with E-state index < -0.39 is 24.7 Å². The zero-order valence-corrected chi connectivity index (χ0v) is 15.7. The minimum atomic E-state index is -5.82. The van der Waals surface area contributed by atoms with Gasteiger partial charge < -0.3 is 4.74 Å². The summed E-state index contributed by atoms with van der Waals surface area (Å²) in [4.78, 5) is 16.8. The SMILES string of the molecule is CCSc1ccc[n+](O)c1-c1cc2c(cn1)N(CC(F)(F)C(F)(F)F)C(=O)OC2. The number of hydrogen-bond donors (Lipinski definition) is 1. The molecule has 1 amide bonds. The van der Waals surface area contributed by atoms with Crippen LogP contribution in [-0.2, 0) is 11.3 Å². The van der Waals surface area contributed by atoms with Crippen molar-refractivity contribution in [3.05, 3.63) is 36.2 Å². The van der Waals surface area contributed by atoms with E-state index in [0.717, 1.165) is 10.9 Å². The molecule has 2 aromatic rings. The Morgan fingerprint density at radius 3 is 2.72 bits per heavy atom. The van der Waals surface area contributed by atoms with Crippen LogP contribution in [0.15, 0.2) is 35.5 Å².